The average molecular weight is 256 g/mol. The molecule has 2 aromatic heterocycles. The highest BCUT2D eigenvalue weighted by Gasteiger charge is 2.12. The van der Waals surface area contributed by atoms with Crippen LogP contribution >= 0.6 is 0 Å². The lowest BCUT2D eigenvalue weighted by Crippen LogP contribution is -2.14. The molecule has 0 spiro atoms. The van der Waals surface area contributed by atoms with Gasteiger partial charge in [0.15, 0.2) is 11.2 Å². The molecular weight excluding hydrogens is 248 g/mol. The quantitative estimate of drug-likeness (QED) is 0.758. The molecule has 0 aliphatic rings. The van der Waals surface area contributed by atoms with Crippen molar-refractivity contribution in [3.05, 3.63) is 58.8 Å². The van der Waals surface area contributed by atoms with E-state index in [1.807, 2.05) is 0 Å². The van der Waals surface area contributed by atoms with Gasteiger partial charge in [0.2, 0.25) is 0 Å². The number of hydrogen-bond donors (Lipinski definition) is 1. The molecule has 0 aliphatic heterocycles. The molecule has 0 atom stereocenters. The third-order valence-corrected chi connectivity index (χ3v) is 2.55. The molecule has 0 radical (unpaired) electrons. The SMILES string of the molecule is O=C(Nc1cnoc1)c1cc(=O)c2ccccc2o1. The smallest absolute Gasteiger partial charge is 0.291 e. The monoisotopic (exact) mass is 256 g/mol. The summed E-state index contributed by atoms with van der Waals surface area (Å²) in [4.78, 5) is 23.7. The Hall–Kier alpha value is -2.89. The van der Waals surface area contributed by atoms with Crippen molar-refractivity contribution in [2.24, 2.45) is 0 Å². The van der Waals surface area contributed by atoms with Crippen LogP contribution in [0.2, 0.25) is 0 Å². The summed E-state index contributed by atoms with van der Waals surface area (Å²) in [5.41, 5.74) is 0.489. The highest BCUT2D eigenvalue weighted by molar-refractivity contribution is 6.02. The summed E-state index contributed by atoms with van der Waals surface area (Å²) >= 11 is 0. The lowest BCUT2D eigenvalue weighted by atomic mass is 10.2. The van der Waals surface area contributed by atoms with Gasteiger partial charge < -0.3 is 14.3 Å². The molecule has 1 amide bonds. The fourth-order valence-corrected chi connectivity index (χ4v) is 1.68. The van der Waals surface area contributed by atoms with Gasteiger partial charge in [0.25, 0.3) is 5.91 Å². The molecule has 2 heterocycles. The lowest BCUT2D eigenvalue weighted by Gasteiger charge is -2.02. The Labute approximate surface area is 106 Å². The van der Waals surface area contributed by atoms with Crippen molar-refractivity contribution in [1.29, 1.82) is 0 Å². The van der Waals surface area contributed by atoms with Crippen LogP contribution in [-0.2, 0) is 0 Å². The number of aromatic nitrogens is 1. The molecule has 3 rings (SSSR count). The fraction of sp³-hybridized carbons (Fsp3) is 0. The minimum absolute atomic E-state index is 0.0649. The summed E-state index contributed by atoms with van der Waals surface area (Å²) in [6.07, 6.45) is 2.62. The number of carbonyl (C=O) groups excluding carboxylic acids is 1. The van der Waals surface area contributed by atoms with E-state index in [0.29, 0.717) is 16.7 Å². The number of fused-ring (bicyclic) bond motifs is 1. The first-order chi connectivity index (χ1) is 9.24. The van der Waals surface area contributed by atoms with Crippen molar-refractivity contribution < 1.29 is 13.7 Å². The Morgan fingerprint density at radius 2 is 2.11 bits per heavy atom. The second-order valence-electron chi connectivity index (χ2n) is 3.84. The van der Waals surface area contributed by atoms with Gasteiger partial charge in [-0.3, -0.25) is 9.59 Å². The van der Waals surface area contributed by atoms with E-state index in [1.54, 1.807) is 24.3 Å². The molecule has 0 saturated heterocycles. The second-order valence-corrected chi connectivity index (χ2v) is 3.84. The average Bonchev–Trinajstić information content (AvgIpc) is 2.91. The maximum atomic E-state index is 11.9. The third kappa shape index (κ3) is 2.11. The minimum Gasteiger partial charge on any atom is -0.451 e. The van der Waals surface area contributed by atoms with Gasteiger partial charge in [0.1, 0.15) is 17.5 Å². The van der Waals surface area contributed by atoms with Crippen molar-refractivity contribution in [3.63, 3.8) is 0 Å². The van der Waals surface area contributed by atoms with Gasteiger partial charge in [-0.05, 0) is 12.1 Å². The van der Waals surface area contributed by atoms with Gasteiger partial charge >= 0.3 is 0 Å². The lowest BCUT2D eigenvalue weighted by molar-refractivity contribution is 0.0997. The maximum absolute atomic E-state index is 11.9. The highest BCUT2D eigenvalue weighted by Crippen LogP contribution is 2.13. The van der Waals surface area contributed by atoms with E-state index in [-0.39, 0.29) is 11.2 Å². The molecule has 3 aromatic rings. The first-order valence-electron chi connectivity index (χ1n) is 5.48. The topological polar surface area (TPSA) is 85.3 Å². The largest absolute Gasteiger partial charge is 0.451 e. The molecule has 6 heteroatoms. The Morgan fingerprint density at radius 1 is 1.26 bits per heavy atom. The fourth-order valence-electron chi connectivity index (χ4n) is 1.68. The zero-order valence-corrected chi connectivity index (χ0v) is 9.62. The Bertz CT molecular complexity index is 790. The number of nitrogens with zero attached hydrogens (tertiary/aromatic N) is 1. The highest BCUT2D eigenvalue weighted by atomic mass is 16.5. The van der Waals surface area contributed by atoms with E-state index in [1.165, 1.54) is 12.5 Å². The first kappa shape index (κ1) is 11.2. The molecule has 0 bridgehead atoms. The number of anilines is 1. The van der Waals surface area contributed by atoms with E-state index in [2.05, 4.69) is 15.0 Å². The van der Waals surface area contributed by atoms with Crippen LogP contribution in [0.1, 0.15) is 10.6 Å². The summed E-state index contributed by atoms with van der Waals surface area (Å²) in [5.74, 6) is -0.601. The van der Waals surface area contributed by atoms with Crippen molar-refractivity contribution >= 4 is 22.6 Å². The predicted octanol–water partition coefficient (Wildman–Crippen LogP) is 2.03. The Balaban J connectivity index is 2.01. The number of benzene rings is 1. The molecule has 94 valence electrons. The number of para-hydroxylation sites is 1. The van der Waals surface area contributed by atoms with Gasteiger partial charge in [-0.1, -0.05) is 17.3 Å². The Kier molecular flexibility index (Phi) is 2.60. The first-order valence-corrected chi connectivity index (χ1v) is 5.48. The van der Waals surface area contributed by atoms with E-state index in [4.69, 9.17) is 4.42 Å². The molecule has 0 aliphatic carbocycles. The van der Waals surface area contributed by atoms with Gasteiger partial charge in [-0.25, -0.2) is 0 Å². The number of carbonyl (C=O) groups is 1. The van der Waals surface area contributed by atoms with Crippen molar-refractivity contribution in [2.75, 3.05) is 5.32 Å². The second kappa shape index (κ2) is 4.41. The number of nitrogens with one attached hydrogen (secondary N) is 1. The molecule has 0 fully saturated rings. The molecule has 0 saturated carbocycles. The zero-order valence-electron chi connectivity index (χ0n) is 9.62. The maximum Gasteiger partial charge on any atom is 0.291 e. The summed E-state index contributed by atoms with van der Waals surface area (Å²) in [6.45, 7) is 0. The summed E-state index contributed by atoms with van der Waals surface area (Å²) in [6, 6.07) is 7.89. The summed E-state index contributed by atoms with van der Waals surface area (Å²) < 4.78 is 9.98. The van der Waals surface area contributed by atoms with E-state index in [0.717, 1.165) is 6.07 Å². The van der Waals surface area contributed by atoms with E-state index in [9.17, 15) is 9.59 Å². The van der Waals surface area contributed by atoms with Gasteiger partial charge in [-0.15, -0.1) is 0 Å². The third-order valence-electron chi connectivity index (χ3n) is 2.55. The van der Waals surface area contributed by atoms with Crippen LogP contribution in [0.3, 0.4) is 0 Å². The number of hydrogen-bond acceptors (Lipinski definition) is 5. The van der Waals surface area contributed by atoms with Crippen LogP contribution in [0, 0.1) is 0 Å². The number of rotatable bonds is 2. The summed E-state index contributed by atoms with van der Waals surface area (Å²) in [7, 11) is 0. The number of amides is 1. The van der Waals surface area contributed by atoms with Gasteiger partial charge in [0, 0.05) is 6.07 Å². The summed E-state index contributed by atoms with van der Waals surface area (Å²) in [5, 5.41) is 6.39. The van der Waals surface area contributed by atoms with Crippen molar-refractivity contribution in [1.82, 2.24) is 5.16 Å². The molecule has 1 N–H and O–H groups in total. The minimum atomic E-state index is -0.536. The molecule has 19 heavy (non-hydrogen) atoms. The van der Waals surface area contributed by atoms with Crippen LogP contribution in [0.25, 0.3) is 11.0 Å². The van der Waals surface area contributed by atoms with Crippen LogP contribution in [0.4, 0.5) is 5.69 Å². The van der Waals surface area contributed by atoms with Gasteiger partial charge in [-0.2, -0.15) is 0 Å². The molecular formula is C13H8N2O4. The predicted molar refractivity (Wildman–Crippen MR) is 66.9 cm³/mol. The molecule has 1 aromatic carbocycles. The van der Waals surface area contributed by atoms with E-state index >= 15 is 0 Å². The van der Waals surface area contributed by atoms with Crippen LogP contribution in [0.15, 0.2) is 56.5 Å². The van der Waals surface area contributed by atoms with Crippen LogP contribution < -0.4 is 10.7 Å². The standard InChI is InChI=1S/C13H8N2O4/c16-10-5-12(13(17)15-8-6-14-18-7-8)19-11-4-2-1-3-9(10)11/h1-7H,(H,15,17). The van der Waals surface area contributed by atoms with Gasteiger partial charge in [0.05, 0.1) is 11.6 Å². The van der Waals surface area contributed by atoms with Crippen molar-refractivity contribution in [3.8, 4) is 0 Å². The molecule has 0 unspecified atom stereocenters. The normalized spacial score (nSPS) is 10.5. The van der Waals surface area contributed by atoms with Crippen LogP contribution in [0.5, 0.6) is 0 Å². The Morgan fingerprint density at radius 3 is 2.89 bits per heavy atom. The zero-order chi connectivity index (χ0) is 13.2. The van der Waals surface area contributed by atoms with E-state index < -0.39 is 5.91 Å². The molecule has 6 nitrogen and oxygen atoms in total. The van der Waals surface area contributed by atoms with Crippen molar-refractivity contribution in [2.45, 2.75) is 0 Å². The van der Waals surface area contributed by atoms with Crippen LogP contribution in [-0.4, -0.2) is 11.1 Å².